The predicted octanol–water partition coefficient (Wildman–Crippen LogP) is 6.63. The van der Waals surface area contributed by atoms with Crippen LogP contribution >= 0.6 is 0 Å². The van der Waals surface area contributed by atoms with Crippen molar-refractivity contribution in [3.05, 3.63) is 59.9 Å². The van der Waals surface area contributed by atoms with Crippen LogP contribution in [0.1, 0.15) is 98.4 Å². The molecule has 1 aromatic carbocycles. The van der Waals surface area contributed by atoms with Crippen LogP contribution in [0.15, 0.2) is 47.1 Å². The maximum absolute atomic E-state index is 14.4. The first kappa shape index (κ1) is 44.3. The van der Waals surface area contributed by atoms with Crippen LogP contribution in [0.25, 0.3) is 33.5 Å². The van der Waals surface area contributed by atoms with Gasteiger partial charge in [-0.15, -0.1) is 0 Å². The number of nitrogens with one attached hydrogen (secondary N) is 2. The van der Waals surface area contributed by atoms with E-state index in [4.69, 9.17) is 23.6 Å². The summed E-state index contributed by atoms with van der Waals surface area (Å²) in [7, 11) is 3.18. The number of rotatable bonds is 8. The molecular weight excluding hydrogens is 767 g/mol. The number of carbonyl (C=O) groups excluding carboxylic acids is 4. The van der Waals surface area contributed by atoms with Crippen molar-refractivity contribution in [2.45, 2.75) is 124 Å². The van der Waals surface area contributed by atoms with E-state index in [9.17, 15) is 19.2 Å². The smallest absolute Gasteiger partial charge is 0.410 e. The number of nitrogens with zero attached hydrogens (tertiary/aromatic N) is 5. The minimum Gasteiger partial charge on any atom is -0.464 e. The summed E-state index contributed by atoms with van der Waals surface area (Å²) >= 11 is 0. The first-order chi connectivity index (χ1) is 28.3. The van der Waals surface area contributed by atoms with Gasteiger partial charge in [-0.3, -0.25) is 29.3 Å². The third-order valence-corrected chi connectivity index (χ3v) is 11.1. The van der Waals surface area contributed by atoms with Crippen molar-refractivity contribution >= 4 is 34.8 Å². The van der Waals surface area contributed by atoms with Gasteiger partial charge in [-0.2, -0.15) is 0 Å². The van der Waals surface area contributed by atoms with Gasteiger partial charge in [0.05, 0.1) is 36.7 Å². The Morgan fingerprint density at radius 1 is 1.13 bits per heavy atom. The van der Waals surface area contributed by atoms with E-state index in [0.29, 0.717) is 38.1 Å². The number of methoxy groups -OCH3 is 1. The molecule has 3 amide bonds. The lowest BCUT2D eigenvalue weighted by Gasteiger charge is -2.36. The topological polar surface area (TPSA) is 170 Å². The summed E-state index contributed by atoms with van der Waals surface area (Å²) in [5, 5.41) is 5.28. The van der Waals surface area contributed by atoms with Crippen LogP contribution in [0.2, 0.25) is 0 Å². The minimum absolute atomic E-state index is 0.0989. The standard InChI is InChI=1S/C45H61N7O8/c1-12-51-34-18-17-28-21-30(34)31(39(51)29-15-13-19-46-37(29)27(4)57-11)23-45(8,9)25-58-42(55)32-16-14-20-52(49-32)41(54)33(22-36-47-24-35(28)59-36)48-40(53)38(26(2)3)50(10)43(56)60-44(5,6)7/h13,15,17-19,21,24,26-27,32-33,38,49H,12,14,16,20,22-23,25H2,1-11H3,(H,48,53)/t27-,32-,33-,38-/m0/s1. The summed E-state index contributed by atoms with van der Waals surface area (Å²) in [6.45, 7) is 18.2. The van der Waals surface area contributed by atoms with Gasteiger partial charge in [0.2, 0.25) is 5.91 Å². The molecule has 2 aliphatic rings. The SMILES string of the molecule is CCn1c(-c2cccnc2[C@H](C)OC)c2c3cc(ccc31)-c1cnc(o1)C[C@H](NC(=O)[C@H](C(C)C)N(C)C(=O)OC(C)(C)C)C(=O)N1CCC[C@H](N1)C(=O)OCC(C)(C)C2. The summed E-state index contributed by atoms with van der Waals surface area (Å²) in [5.74, 6) is -1.13. The fourth-order valence-electron chi connectivity index (χ4n) is 8.19. The molecule has 0 unspecified atom stereocenters. The largest absolute Gasteiger partial charge is 0.464 e. The van der Waals surface area contributed by atoms with Crippen molar-refractivity contribution < 1.29 is 37.8 Å². The Balaban J connectivity index is 1.45. The fraction of sp³-hybridized carbons (Fsp3) is 0.556. The number of cyclic esters (lactones) is 1. The maximum atomic E-state index is 14.4. The average Bonchev–Trinajstić information content (AvgIpc) is 3.79. The molecule has 2 aliphatic heterocycles. The minimum atomic E-state index is -1.17. The number of aromatic nitrogens is 3. The van der Waals surface area contributed by atoms with Crippen molar-refractivity contribution in [1.82, 2.24) is 35.2 Å². The summed E-state index contributed by atoms with van der Waals surface area (Å²) in [6, 6.07) is 7.23. The summed E-state index contributed by atoms with van der Waals surface area (Å²) < 4.78 is 26.1. The highest BCUT2D eigenvalue weighted by Crippen LogP contribution is 2.42. The average molecular weight is 828 g/mol. The highest BCUT2D eigenvalue weighted by atomic mass is 16.6. The molecule has 0 radical (unpaired) electrons. The van der Waals surface area contributed by atoms with Gasteiger partial charge in [0.25, 0.3) is 5.91 Å². The zero-order chi connectivity index (χ0) is 43.7. The lowest BCUT2D eigenvalue weighted by Crippen LogP contribution is -2.62. The van der Waals surface area contributed by atoms with Gasteiger partial charge >= 0.3 is 12.1 Å². The Morgan fingerprint density at radius 3 is 2.57 bits per heavy atom. The summed E-state index contributed by atoms with van der Waals surface area (Å²) in [4.78, 5) is 66.1. The second kappa shape index (κ2) is 17.7. The number of hydrazine groups is 1. The quantitative estimate of drug-likeness (QED) is 0.183. The van der Waals surface area contributed by atoms with Crippen LogP contribution in [-0.2, 0) is 48.0 Å². The molecule has 6 rings (SSSR count). The van der Waals surface area contributed by atoms with E-state index in [1.165, 1.54) is 17.0 Å². The van der Waals surface area contributed by atoms with E-state index in [1.54, 1.807) is 40.3 Å². The number of pyridine rings is 1. The van der Waals surface area contributed by atoms with Crippen LogP contribution in [0.4, 0.5) is 4.79 Å². The monoisotopic (exact) mass is 827 g/mol. The number of oxazole rings is 1. The molecule has 0 saturated carbocycles. The molecule has 5 heterocycles. The van der Waals surface area contributed by atoms with Crippen LogP contribution in [0.3, 0.4) is 0 Å². The molecule has 4 atom stereocenters. The van der Waals surface area contributed by atoms with Gasteiger partial charge in [0, 0.05) is 60.9 Å². The highest BCUT2D eigenvalue weighted by molar-refractivity contribution is 5.95. The van der Waals surface area contributed by atoms with Crippen LogP contribution in [0, 0.1) is 11.3 Å². The first-order valence-corrected chi connectivity index (χ1v) is 20.9. The Morgan fingerprint density at radius 2 is 1.88 bits per heavy atom. The fourth-order valence-corrected chi connectivity index (χ4v) is 8.19. The number of amides is 3. The molecule has 60 heavy (non-hydrogen) atoms. The van der Waals surface area contributed by atoms with Crippen LogP contribution in [-0.4, -0.2) is 99.4 Å². The number of ether oxygens (including phenoxy) is 3. The van der Waals surface area contributed by atoms with E-state index in [1.807, 2.05) is 32.9 Å². The third-order valence-electron chi connectivity index (χ3n) is 11.1. The molecule has 0 aliphatic carbocycles. The van der Waals surface area contributed by atoms with Gasteiger partial charge in [-0.25, -0.2) is 15.2 Å². The molecule has 1 saturated heterocycles. The molecule has 0 spiro atoms. The number of aryl methyl sites for hydroxylation is 1. The molecule has 15 nitrogen and oxygen atoms in total. The summed E-state index contributed by atoms with van der Waals surface area (Å²) in [6.07, 6.45) is 3.91. The van der Waals surface area contributed by atoms with Crippen molar-refractivity contribution in [3.63, 3.8) is 0 Å². The Kier molecular flexibility index (Phi) is 13.1. The number of fused-ring (bicyclic) bond motifs is 6. The zero-order valence-electron chi connectivity index (χ0n) is 36.9. The number of hydrogen-bond donors (Lipinski definition) is 2. The second-order valence-corrected chi connectivity index (χ2v) is 18.0. The van der Waals surface area contributed by atoms with E-state index < -0.39 is 53.0 Å². The number of esters is 1. The normalized spacial score (nSPS) is 19.7. The molecule has 2 N–H and O–H groups in total. The Labute approximate surface area is 352 Å². The van der Waals surface area contributed by atoms with Gasteiger partial charge < -0.3 is 28.5 Å². The number of benzene rings is 1. The first-order valence-electron chi connectivity index (χ1n) is 20.9. The number of carbonyl (C=O) groups is 4. The molecule has 6 bridgehead atoms. The van der Waals surface area contributed by atoms with Gasteiger partial charge in [0.15, 0.2) is 11.7 Å². The van der Waals surface area contributed by atoms with E-state index >= 15 is 0 Å². The van der Waals surface area contributed by atoms with Crippen molar-refractivity contribution in [3.8, 4) is 22.6 Å². The zero-order valence-corrected chi connectivity index (χ0v) is 36.9. The molecular formula is C45H61N7O8. The second-order valence-electron chi connectivity index (χ2n) is 18.0. The van der Waals surface area contributed by atoms with Crippen LogP contribution < -0.4 is 10.7 Å². The lowest BCUT2D eigenvalue weighted by atomic mass is 9.84. The van der Waals surface area contributed by atoms with Crippen molar-refractivity contribution in [2.75, 3.05) is 27.3 Å². The lowest BCUT2D eigenvalue weighted by molar-refractivity contribution is -0.155. The Hall–Kier alpha value is -5.28. The Bertz CT molecular complexity index is 2220. The van der Waals surface area contributed by atoms with Crippen LogP contribution in [0.5, 0.6) is 0 Å². The van der Waals surface area contributed by atoms with E-state index in [-0.39, 0.29) is 30.9 Å². The summed E-state index contributed by atoms with van der Waals surface area (Å²) in [5.41, 5.74) is 7.44. The van der Waals surface area contributed by atoms with Gasteiger partial charge in [-0.1, -0.05) is 27.7 Å². The molecule has 3 aromatic heterocycles. The van der Waals surface area contributed by atoms with Gasteiger partial charge in [0.1, 0.15) is 23.7 Å². The van der Waals surface area contributed by atoms with E-state index in [2.05, 4.69) is 59.3 Å². The molecule has 4 aromatic rings. The maximum Gasteiger partial charge on any atom is 0.410 e. The molecule has 15 heteroatoms. The van der Waals surface area contributed by atoms with Crippen molar-refractivity contribution in [2.24, 2.45) is 11.3 Å². The third kappa shape index (κ3) is 9.52. The number of likely N-dealkylation sites (N-methyl/N-ethyl adjacent to an activating group) is 1. The van der Waals surface area contributed by atoms with Gasteiger partial charge in [-0.05, 0) is 95.7 Å². The number of hydrogen-bond acceptors (Lipinski definition) is 11. The highest BCUT2D eigenvalue weighted by Gasteiger charge is 2.39. The molecule has 1 fully saturated rings. The molecule has 324 valence electrons. The van der Waals surface area contributed by atoms with E-state index in [0.717, 1.165) is 39.0 Å². The van der Waals surface area contributed by atoms with Crippen molar-refractivity contribution in [1.29, 1.82) is 0 Å². The predicted molar refractivity (Wildman–Crippen MR) is 226 cm³/mol.